The average molecular weight is 355 g/mol. The number of amides is 1. The fourth-order valence-electron chi connectivity index (χ4n) is 2.88. The molecule has 1 aliphatic heterocycles. The van der Waals surface area contributed by atoms with Gasteiger partial charge in [0.1, 0.15) is 5.82 Å². The zero-order chi connectivity index (χ0) is 17.9. The minimum atomic E-state index is -0.310. The van der Waals surface area contributed by atoms with Crippen molar-refractivity contribution in [3.05, 3.63) is 48.4 Å². The maximum Gasteiger partial charge on any atom is 0.231 e. The third-order valence-corrected chi connectivity index (χ3v) is 4.28. The molecule has 0 aliphatic carbocycles. The molecular weight excluding hydrogens is 337 g/mol. The highest BCUT2D eigenvalue weighted by Gasteiger charge is 2.21. The standard InChI is InChI=1S/C18H18FN5O2/c19-14-3-1-12(2-4-14)17-23-22-16-6-5-15(10-24(16)17)21-18(25)13-9-20-7-8-26-11-13/h1-6,10,13,20H,7-9,11H2,(H,21,25). The second-order valence-electron chi connectivity index (χ2n) is 6.14. The first kappa shape index (κ1) is 16.6. The number of hydrogen-bond donors (Lipinski definition) is 2. The number of rotatable bonds is 3. The van der Waals surface area contributed by atoms with E-state index >= 15 is 0 Å². The van der Waals surface area contributed by atoms with Crippen LogP contribution in [0.25, 0.3) is 17.0 Å². The van der Waals surface area contributed by atoms with Gasteiger partial charge in [0.2, 0.25) is 5.91 Å². The quantitative estimate of drug-likeness (QED) is 0.748. The van der Waals surface area contributed by atoms with Crippen molar-refractivity contribution in [1.29, 1.82) is 0 Å². The van der Waals surface area contributed by atoms with Gasteiger partial charge in [0.25, 0.3) is 0 Å². The van der Waals surface area contributed by atoms with Crippen molar-refractivity contribution in [3.8, 4) is 11.4 Å². The van der Waals surface area contributed by atoms with E-state index in [2.05, 4.69) is 20.8 Å². The molecule has 3 heterocycles. The Balaban J connectivity index is 1.59. The largest absolute Gasteiger partial charge is 0.379 e. The molecule has 134 valence electrons. The van der Waals surface area contributed by atoms with Crippen LogP contribution in [0.3, 0.4) is 0 Å². The van der Waals surface area contributed by atoms with Crippen molar-refractivity contribution in [2.75, 3.05) is 31.6 Å². The Hall–Kier alpha value is -2.84. The summed E-state index contributed by atoms with van der Waals surface area (Å²) in [7, 11) is 0. The smallest absolute Gasteiger partial charge is 0.231 e. The number of nitrogens with zero attached hydrogens (tertiary/aromatic N) is 3. The van der Waals surface area contributed by atoms with E-state index < -0.39 is 0 Å². The molecule has 0 radical (unpaired) electrons. The minimum Gasteiger partial charge on any atom is -0.379 e. The SMILES string of the molecule is O=C(Nc1ccc2nnc(-c3ccc(F)cc3)n2c1)C1CNCCOC1. The average Bonchev–Trinajstić information content (AvgIpc) is 2.88. The Morgan fingerprint density at radius 3 is 2.92 bits per heavy atom. The molecule has 0 bridgehead atoms. The van der Waals surface area contributed by atoms with Gasteiger partial charge in [-0.05, 0) is 36.4 Å². The second-order valence-corrected chi connectivity index (χ2v) is 6.14. The second kappa shape index (κ2) is 7.19. The summed E-state index contributed by atoms with van der Waals surface area (Å²) in [6.07, 6.45) is 1.76. The summed E-state index contributed by atoms with van der Waals surface area (Å²) in [5.41, 5.74) is 2.01. The molecule has 2 N–H and O–H groups in total. The number of carbonyl (C=O) groups is 1. The van der Waals surface area contributed by atoms with Gasteiger partial charge in [-0.3, -0.25) is 9.20 Å². The van der Waals surface area contributed by atoms with Crippen LogP contribution in [-0.2, 0) is 9.53 Å². The zero-order valence-corrected chi connectivity index (χ0v) is 14.0. The van der Waals surface area contributed by atoms with Crippen molar-refractivity contribution < 1.29 is 13.9 Å². The van der Waals surface area contributed by atoms with Crippen LogP contribution < -0.4 is 10.6 Å². The van der Waals surface area contributed by atoms with E-state index in [1.165, 1.54) is 12.1 Å². The molecule has 1 aliphatic rings. The Labute approximate surface area is 149 Å². The molecule has 7 nitrogen and oxygen atoms in total. The van der Waals surface area contributed by atoms with Gasteiger partial charge in [0.15, 0.2) is 11.5 Å². The fourth-order valence-corrected chi connectivity index (χ4v) is 2.88. The van der Waals surface area contributed by atoms with Gasteiger partial charge >= 0.3 is 0 Å². The van der Waals surface area contributed by atoms with Gasteiger partial charge in [0, 0.05) is 24.8 Å². The number of aromatic nitrogens is 3. The van der Waals surface area contributed by atoms with E-state index in [-0.39, 0.29) is 17.6 Å². The minimum absolute atomic E-state index is 0.102. The summed E-state index contributed by atoms with van der Waals surface area (Å²) in [5, 5.41) is 14.4. The molecule has 0 saturated carbocycles. The lowest BCUT2D eigenvalue weighted by atomic mass is 10.1. The molecule has 1 saturated heterocycles. The van der Waals surface area contributed by atoms with Crippen LogP contribution in [0.2, 0.25) is 0 Å². The summed E-state index contributed by atoms with van der Waals surface area (Å²) in [6, 6.07) is 9.60. The third kappa shape index (κ3) is 3.42. The number of hydrogen-bond acceptors (Lipinski definition) is 5. The number of halogens is 1. The fraction of sp³-hybridized carbons (Fsp3) is 0.278. The van der Waals surface area contributed by atoms with Crippen LogP contribution >= 0.6 is 0 Å². The molecule has 1 amide bonds. The lowest BCUT2D eigenvalue weighted by Crippen LogP contribution is -2.33. The number of nitrogens with one attached hydrogen (secondary N) is 2. The molecule has 1 fully saturated rings. The first-order valence-corrected chi connectivity index (χ1v) is 8.41. The van der Waals surface area contributed by atoms with E-state index in [0.717, 1.165) is 12.1 Å². The highest BCUT2D eigenvalue weighted by atomic mass is 19.1. The Kier molecular flexibility index (Phi) is 4.59. The van der Waals surface area contributed by atoms with Crippen LogP contribution in [-0.4, -0.2) is 46.8 Å². The maximum absolute atomic E-state index is 13.1. The molecule has 1 atom stereocenters. The third-order valence-electron chi connectivity index (χ3n) is 4.28. The van der Waals surface area contributed by atoms with E-state index in [9.17, 15) is 9.18 Å². The molecule has 4 rings (SSSR count). The number of fused-ring (bicyclic) bond motifs is 1. The normalized spacial score (nSPS) is 17.8. The number of pyridine rings is 1. The Morgan fingerprint density at radius 1 is 1.23 bits per heavy atom. The first-order valence-electron chi connectivity index (χ1n) is 8.41. The highest BCUT2D eigenvalue weighted by molar-refractivity contribution is 5.92. The van der Waals surface area contributed by atoms with Crippen LogP contribution in [0.5, 0.6) is 0 Å². The molecule has 1 aromatic carbocycles. The monoisotopic (exact) mass is 355 g/mol. The van der Waals surface area contributed by atoms with E-state index in [1.54, 1.807) is 34.9 Å². The van der Waals surface area contributed by atoms with E-state index in [1.807, 2.05) is 0 Å². The predicted molar refractivity (Wildman–Crippen MR) is 94.2 cm³/mol. The van der Waals surface area contributed by atoms with Gasteiger partial charge in [-0.2, -0.15) is 0 Å². The Morgan fingerprint density at radius 2 is 2.08 bits per heavy atom. The van der Waals surface area contributed by atoms with Crippen molar-refractivity contribution in [2.45, 2.75) is 0 Å². The first-order chi connectivity index (χ1) is 12.7. The highest BCUT2D eigenvalue weighted by Crippen LogP contribution is 2.21. The molecule has 3 aromatic rings. The van der Waals surface area contributed by atoms with Crippen LogP contribution in [0, 0.1) is 11.7 Å². The summed E-state index contributed by atoms with van der Waals surface area (Å²) in [5.74, 6) is -0.0776. The molecule has 8 heteroatoms. The number of carbonyl (C=O) groups excluding carboxylic acids is 1. The summed E-state index contributed by atoms with van der Waals surface area (Å²) in [4.78, 5) is 12.5. The number of benzene rings is 1. The Bertz CT molecular complexity index is 917. The summed E-state index contributed by atoms with van der Waals surface area (Å²) < 4.78 is 20.3. The molecule has 0 spiro atoms. The van der Waals surface area contributed by atoms with Crippen molar-refractivity contribution in [1.82, 2.24) is 19.9 Å². The van der Waals surface area contributed by atoms with Crippen LogP contribution in [0.1, 0.15) is 0 Å². The van der Waals surface area contributed by atoms with Gasteiger partial charge in [-0.1, -0.05) is 0 Å². The van der Waals surface area contributed by atoms with Crippen molar-refractivity contribution in [2.24, 2.45) is 5.92 Å². The van der Waals surface area contributed by atoms with Crippen LogP contribution in [0.15, 0.2) is 42.6 Å². The zero-order valence-electron chi connectivity index (χ0n) is 14.0. The lowest BCUT2D eigenvalue weighted by Gasteiger charge is -2.14. The molecule has 26 heavy (non-hydrogen) atoms. The van der Waals surface area contributed by atoms with Crippen LogP contribution in [0.4, 0.5) is 10.1 Å². The van der Waals surface area contributed by atoms with E-state index in [0.29, 0.717) is 36.9 Å². The van der Waals surface area contributed by atoms with Gasteiger partial charge in [-0.25, -0.2) is 4.39 Å². The topological polar surface area (TPSA) is 80.6 Å². The van der Waals surface area contributed by atoms with E-state index in [4.69, 9.17) is 4.74 Å². The number of ether oxygens (including phenoxy) is 1. The molecule has 2 aromatic heterocycles. The van der Waals surface area contributed by atoms with Gasteiger partial charge < -0.3 is 15.4 Å². The maximum atomic E-state index is 13.1. The predicted octanol–water partition coefficient (Wildman–Crippen LogP) is 1.71. The van der Waals surface area contributed by atoms with Gasteiger partial charge in [0.05, 0.1) is 24.8 Å². The summed E-state index contributed by atoms with van der Waals surface area (Å²) in [6.45, 7) is 2.34. The number of anilines is 1. The lowest BCUT2D eigenvalue weighted by molar-refractivity contribution is -0.121. The molecular formula is C18H18FN5O2. The summed E-state index contributed by atoms with van der Waals surface area (Å²) >= 11 is 0. The molecule has 1 unspecified atom stereocenters. The van der Waals surface area contributed by atoms with Gasteiger partial charge in [-0.15, -0.1) is 10.2 Å². The van der Waals surface area contributed by atoms with Crippen molar-refractivity contribution in [3.63, 3.8) is 0 Å². The van der Waals surface area contributed by atoms with Crippen molar-refractivity contribution >= 4 is 17.2 Å².